The van der Waals surface area contributed by atoms with Crippen molar-refractivity contribution < 1.29 is 0 Å². The van der Waals surface area contributed by atoms with Gasteiger partial charge in [-0.25, -0.2) is 4.98 Å². The van der Waals surface area contributed by atoms with Crippen LogP contribution in [0.15, 0.2) is 18.2 Å². The molecule has 1 unspecified atom stereocenters. The van der Waals surface area contributed by atoms with Crippen LogP contribution in [0.3, 0.4) is 0 Å². The third-order valence-electron chi connectivity index (χ3n) is 3.57. The van der Waals surface area contributed by atoms with Gasteiger partial charge in [-0.2, -0.15) is 0 Å². The molecule has 2 nitrogen and oxygen atoms in total. The fraction of sp³-hybridized carbons (Fsp3) is 0.462. The standard InChI is InChI=1S/C13H15ClN2S/c1-13(2)6-8(13)7-15-12-16-10-5-9(14)3-4-11(10)17-12/h3-5,8H,6-7H2,1-2H3,(H,15,16). The van der Waals surface area contributed by atoms with Crippen molar-refractivity contribution in [2.45, 2.75) is 20.3 Å². The second-order valence-electron chi connectivity index (χ2n) is 5.40. The van der Waals surface area contributed by atoms with Crippen LogP contribution in [0.2, 0.25) is 5.02 Å². The van der Waals surface area contributed by atoms with Crippen LogP contribution >= 0.6 is 22.9 Å². The van der Waals surface area contributed by atoms with E-state index in [2.05, 4.69) is 24.1 Å². The lowest BCUT2D eigenvalue weighted by molar-refractivity contribution is 0.573. The predicted octanol–water partition coefficient (Wildman–Crippen LogP) is 4.41. The van der Waals surface area contributed by atoms with Gasteiger partial charge >= 0.3 is 0 Å². The van der Waals surface area contributed by atoms with Gasteiger partial charge in [0.1, 0.15) is 0 Å². The number of hydrogen-bond donors (Lipinski definition) is 1. The van der Waals surface area contributed by atoms with Gasteiger partial charge in [-0.1, -0.05) is 36.8 Å². The lowest BCUT2D eigenvalue weighted by atomic mass is 10.1. The summed E-state index contributed by atoms with van der Waals surface area (Å²) in [4.78, 5) is 4.54. The first-order valence-electron chi connectivity index (χ1n) is 5.84. The molecule has 1 heterocycles. The minimum absolute atomic E-state index is 0.521. The molecule has 2 aromatic rings. The molecular formula is C13H15ClN2S. The van der Waals surface area contributed by atoms with Crippen molar-refractivity contribution in [3.63, 3.8) is 0 Å². The number of thiazole rings is 1. The first kappa shape index (κ1) is 11.3. The monoisotopic (exact) mass is 266 g/mol. The van der Waals surface area contributed by atoms with E-state index in [1.54, 1.807) is 11.3 Å². The molecule has 0 bridgehead atoms. The molecule has 90 valence electrons. The van der Waals surface area contributed by atoms with Gasteiger partial charge in [0.05, 0.1) is 10.2 Å². The number of benzene rings is 1. The van der Waals surface area contributed by atoms with Crippen LogP contribution in [0.4, 0.5) is 5.13 Å². The summed E-state index contributed by atoms with van der Waals surface area (Å²) < 4.78 is 1.19. The highest BCUT2D eigenvalue weighted by Gasteiger charge is 2.45. The normalized spacial score (nSPS) is 21.7. The number of halogens is 1. The summed E-state index contributed by atoms with van der Waals surface area (Å²) in [5.74, 6) is 0.790. The van der Waals surface area contributed by atoms with E-state index < -0.39 is 0 Å². The molecule has 0 radical (unpaired) electrons. The molecule has 3 rings (SSSR count). The van der Waals surface area contributed by atoms with Crippen LogP contribution < -0.4 is 5.32 Å². The Labute approximate surface area is 110 Å². The first-order valence-corrected chi connectivity index (χ1v) is 7.04. The van der Waals surface area contributed by atoms with Crippen molar-refractivity contribution in [3.8, 4) is 0 Å². The van der Waals surface area contributed by atoms with Gasteiger partial charge in [-0.15, -0.1) is 0 Å². The number of aromatic nitrogens is 1. The molecule has 1 atom stereocenters. The van der Waals surface area contributed by atoms with Crippen molar-refractivity contribution in [1.82, 2.24) is 4.98 Å². The van der Waals surface area contributed by atoms with E-state index in [9.17, 15) is 0 Å². The Bertz CT molecular complexity index is 562. The van der Waals surface area contributed by atoms with E-state index in [1.807, 2.05) is 18.2 Å². The van der Waals surface area contributed by atoms with Crippen LogP contribution in [0, 0.1) is 11.3 Å². The molecule has 0 amide bonds. The minimum Gasteiger partial charge on any atom is -0.361 e. The van der Waals surface area contributed by atoms with E-state index in [4.69, 9.17) is 11.6 Å². The number of anilines is 1. The molecule has 1 aliphatic rings. The Morgan fingerprint density at radius 2 is 2.29 bits per heavy atom. The van der Waals surface area contributed by atoms with E-state index in [-0.39, 0.29) is 0 Å². The van der Waals surface area contributed by atoms with Crippen LogP contribution in [0.1, 0.15) is 20.3 Å². The van der Waals surface area contributed by atoms with E-state index in [0.29, 0.717) is 5.41 Å². The smallest absolute Gasteiger partial charge is 0.183 e. The summed E-state index contributed by atoms with van der Waals surface area (Å²) in [5, 5.41) is 5.19. The summed E-state index contributed by atoms with van der Waals surface area (Å²) in [7, 11) is 0. The highest BCUT2D eigenvalue weighted by molar-refractivity contribution is 7.22. The van der Waals surface area contributed by atoms with Crippen molar-refractivity contribution in [2.75, 3.05) is 11.9 Å². The lowest BCUT2D eigenvalue weighted by Gasteiger charge is -2.03. The molecule has 1 N–H and O–H groups in total. The zero-order chi connectivity index (χ0) is 12.0. The molecule has 1 saturated carbocycles. The molecule has 4 heteroatoms. The molecule has 0 saturated heterocycles. The average molecular weight is 267 g/mol. The maximum atomic E-state index is 5.95. The van der Waals surface area contributed by atoms with Crippen molar-refractivity contribution >= 4 is 38.3 Å². The van der Waals surface area contributed by atoms with Gasteiger partial charge in [-0.3, -0.25) is 0 Å². The third-order valence-corrected chi connectivity index (χ3v) is 4.80. The van der Waals surface area contributed by atoms with Crippen LogP contribution in [0.5, 0.6) is 0 Å². The van der Waals surface area contributed by atoms with Crippen molar-refractivity contribution in [1.29, 1.82) is 0 Å². The van der Waals surface area contributed by atoms with Gasteiger partial charge in [0.25, 0.3) is 0 Å². The molecular weight excluding hydrogens is 252 g/mol. The fourth-order valence-electron chi connectivity index (χ4n) is 2.11. The number of fused-ring (bicyclic) bond motifs is 1. The Morgan fingerprint density at radius 1 is 1.53 bits per heavy atom. The maximum absolute atomic E-state index is 5.95. The zero-order valence-electron chi connectivity index (χ0n) is 9.96. The molecule has 17 heavy (non-hydrogen) atoms. The van der Waals surface area contributed by atoms with Gasteiger partial charge < -0.3 is 5.32 Å². The van der Waals surface area contributed by atoms with Crippen molar-refractivity contribution in [2.24, 2.45) is 11.3 Å². The Kier molecular flexibility index (Phi) is 2.56. The largest absolute Gasteiger partial charge is 0.361 e. The van der Waals surface area contributed by atoms with Crippen molar-refractivity contribution in [3.05, 3.63) is 23.2 Å². The van der Waals surface area contributed by atoms with Gasteiger partial charge in [-0.05, 0) is 36.0 Å². The Morgan fingerprint density at radius 3 is 3.00 bits per heavy atom. The van der Waals surface area contributed by atoms with E-state index in [0.717, 1.165) is 28.1 Å². The summed E-state index contributed by atoms with van der Waals surface area (Å²) in [5.41, 5.74) is 1.51. The SMILES string of the molecule is CC1(C)CC1CNc1nc2cc(Cl)ccc2s1. The summed E-state index contributed by atoms with van der Waals surface area (Å²) in [6.45, 7) is 5.66. The highest BCUT2D eigenvalue weighted by atomic mass is 35.5. The maximum Gasteiger partial charge on any atom is 0.183 e. The molecule has 1 aromatic carbocycles. The fourth-order valence-corrected chi connectivity index (χ4v) is 3.13. The van der Waals surface area contributed by atoms with Crippen LogP contribution in [0.25, 0.3) is 10.2 Å². The van der Waals surface area contributed by atoms with E-state index >= 15 is 0 Å². The first-order chi connectivity index (χ1) is 8.04. The zero-order valence-corrected chi connectivity index (χ0v) is 11.5. The highest BCUT2D eigenvalue weighted by Crippen LogP contribution is 2.51. The number of nitrogens with zero attached hydrogens (tertiary/aromatic N) is 1. The summed E-state index contributed by atoms with van der Waals surface area (Å²) >= 11 is 7.64. The number of hydrogen-bond acceptors (Lipinski definition) is 3. The molecule has 0 spiro atoms. The van der Waals surface area contributed by atoms with Crippen LogP contribution in [-0.2, 0) is 0 Å². The second-order valence-corrected chi connectivity index (χ2v) is 6.87. The third kappa shape index (κ3) is 2.26. The minimum atomic E-state index is 0.521. The Hall–Kier alpha value is -0.800. The Balaban J connectivity index is 1.73. The van der Waals surface area contributed by atoms with E-state index in [1.165, 1.54) is 11.1 Å². The average Bonchev–Trinajstić information content (AvgIpc) is 2.71. The molecule has 1 aromatic heterocycles. The van der Waals surface area contributed by atoms with Gasteiger partial charge in [0, 0.05) is 11.6 Å². The number of rotatable bonds is 3. The quantitative estimate of drug-likeness (QED) is 0.890. The predicted molar refractivity (Wildman–Crippen MR) is 75.0 cm³/mol. The lowest BCUT2D eigenvalue weighted by Crippen LogP contribution is -2.06. The summed E-state index contributed by atoms with van der Waals surface area (Å²) in [6.07, 6.45) is 1.32. The van der Waals surface area contributed by atoms with Gasteiger partial charge in [0.15, 0.2) is 5.13 Å². The summed E-state index contributed by atoms with van der Waals surface area (Å²) in [6, 6.07) is 5.86. The van der Waals surface area contributed by atoms with Crippen LogP contribution in [-0.4, -0.2) is 11.5 Å². The molecule has 1 fully saturated rings. The molecule has 0 aliphatic heterocycles. The second kappa shape index (κ2) is 3.85. The topological polar surface area (TPSA) is 24.9 Å². The van der Waals surface area contributed by atoms with Gasteiger partial charge in [0.2, 0.25) is 0 Å². The molecule has 1 aliphatic carbocycles. The number of nitrogens with one attached hydrogen (secondary N) is 1.